The predicted molar refractivity (Wildman–Crippen MR) is 63.7 cm³/mol. The molecule has 1 aromatic carbocycles. The monoisotopic (exact) mass is 201 g/mol. The number of rotatable bonds is 5. The molecule has 0 aliphatic heterocycles. The van der Waals surface area contributed by atoms with Gasteiger partial charge in [0, 0.05) is 6.54 Å². The average molecular weight is 201 g/mol. The molecule has 0 spiro atoms. The SMILES string of the molecule is C#CCOc1ccc(C=CCNC)cc1. The number of ether oxygens (including phenoxy) is 1. The zero-order chi connectivity index (χ0) is 10.9. The van der Waals surface area contributed by atoms with Crippen molar-refractivity contribution in [2.24, 2.45) is 0 Å². The van der Waals surface area contributed by atoms with Gasteiger partial charge in [-0.2, -0.15) is 0 Å². The predicted octanol–water partition coefficient (Wildman–Crippen LogP) is 1.93. The molecule has 0 heterocycles. The fourth-order valence-corrected chi connectivity index (χ4v) is 1.11. The van der Waals surface area contributed by atoms with E-state index in [-0.39, 0.29) is 0 Å². The van der Waals surface area contributed by atoms with Gasteiger partial charge in [0.1, 0.15) is 12.4 Å². The molecule has 0 saturated carbocycles. The van der Waals surface area contributed by atoms with Gasteiger partial charge in [-0.3, -0.25) is 0 Å². The minimum atomic E-state index is 0.314. The third-order valence-electron chi connectivity index (χ3n) is 1.83. The van der Waals surface area contributed by atoms with Crippen molar-refractivity contribution >= 4 is 6.08 Å². The van der Waals surface area contributed by atoms with Crippen LogP contribution in [0.15, 0.2) is 30.3 Å². The first-order valence-corrected chi connectivity index (χ1v) is 4.84. The number of benzene rings is 1. The van der Waals surface area contributed by atoms with Crippen molar-refractivity contribution in [1.82, 2.24) is 5.32 Å². The summed E-state index contributed by atoms with van der Waals surface area (Å²) in [5.41, 5.74) is 1.15. The van der Waals surface area contributed by atoms with E-state index in [1.807, 2.05) is 31.3 Å². The summed E-state index contributed by atoms with van der Waals surface area (Å²) in [6.45, 7) is 1.18. The molecule has 0 unspecified atom stereocenters. The van der Waals surface area contributed by atoms with Crippen molar-refractivity contribution in [2.75, 3.05) is 20.2 Å². The first kappa shape index (κ1) is 11.4. The minimum Gasteiger partial charge on any atom is -0.481 e. The van der Waals surface area contributed by atoms with Gasteiger partial charge in [-0.25, -0.2) is 0 Å². The van der Waals surface area contributed by atoms with E-state index in [0.29, 0.717) is 6.61 Å². The second kappa shape index (κ2) is 6.69. The third kappa shape index (κ3) is 4.35. The summed E-state index contributed by atoms with van der Waals surface area (Å²) in [6, 6.07) is 7.82. The molecule has 0 saturated heterocycles. The second-order valence-electron chi connectivity index (χ2n) is 3.02. The van der Waals surface area contributed by atoms with Crippen molar-refractivity contribution in [3.8, 4) is 18.1 Å². The van der Waals surface area contributed by atoms with Crippen LogP contribution in [0.2, 0.25) is 0 Å². The smallest absolute Gasteiger partial charge is 0.148 e. The number of hydrogen-bond donors (Lipinski definition) is 1. The van der Waals surface area contributed by atoms with Gasteiger partial charge in [0.05, 0.1) is 0 Å². The van der Waals surface area contributed by atoms with E-state index in [2.05, 4.69) is 23.4 Å². The molecule has 1 rings (SSSR count). The van der Waals surface area contributed by atoms with E-state index >= 15 is 0 Å². The summed E-state index contributed by atoms with van der Waals surface area (Å²) in [5, 5.41) is 3.04. The van der Waals surface area contributed by atoms with Crippen LogP contribution < -0.4 is 10.1 Å². The van der Waals surface area contributed by atoms with Gasteiger partial charge in [0.15, 0.2) is 0 Å². The molecule has 0 fully saturated rings. The Balaban J connectivity index is 2.53. The van der Waals surface area contributed by atoms with Crippen LogP contribution >= 0.6 is 0 Å². The third-order valence-corrected chi connectivity index (χ3v) is 1.83. The van der Waals surface area contributed by atoms with Crippen LogP contribution in [-0.4, -0.2) is 20.2 Å². The number of nitrogens with one attached hydrogen (secondary N) is 1. The van der Waals surface area contributed by atoms with Crippen LogP contribution in [-0.2, 0) is 0 Å². The lowest BCUT2D eigenvalue weighted by atomic mass is 10.2. The number of terminal acetylenes is 1. The normalized spacial score (nSPS) is 10.1. The highest BCUT2D eigenvalue weighted by atomic mass is 16.5. The quantitative estimate of drug-likeness (QED) is 0.735. The molecular weight excluding hydrogens is 186 g/mol. The van der Waals surface area contributed by atoms with Crippen molar-refractivity contribution in [2.45, 2.75) is 0 Å². The van der Waals surface area contributed by atoms with E-state index in [9.17, 15) is 0 Å². The summed E-state index contributed by atoms with van der Waals surface area (Å²) in [6.07, 6.45) is 9.22. The Hall–Kier alpha value is -1.72. The molecule has 0 aliphatic rings. The Labute approximate surface area is 91.0 Å². The highest BCUT2D eigenvalue weighted by Gasteiger charge is 1.91. The summed E-state index contributed by atoms with van der Waals surface area (Å²) in [5.74, 6) is 3.23. The maximum Gasteiger partial charge on any atom is 0.148 e. The zero-order valence-corrected chi connectivity index (χ0v) is 8.86. The fraction of sp³-hybridized carbons (Fsp3) is 0.231. The molecule has 0 aliphatic carbocycles. The molecule has 0 atom stereocenters. The average Bonchev–Trinajstić information content (AvgIpc) is 2.28. The van der Waals surface area contributed by atoms with Crippen LogP contribution in [0.5, 0.6) is 5.75 Å². The number of hydrogen-bond acceptors (Lipinski definition) is 2. The van der Waals surface area contributed by atoms with Crippen molar-refractivity contribution in [3.05, 3.63) is 35.9 Å². The lowest BCUT2D eigenvalue weighted by molar-refractivity contribution is 0.370. The van der Waals surface area contributed by atoms with Gasteiger partial charge >= 0.3 is 0 Å². The maximum atomic E-state index is 5.26. The van der Waals surface area contributed by atoms with Gasteiger partial charge in [-0.1, -0.05) is 30.2 Å². The largest absolute Gasteiger partial charge is 0.481 e. The standard InChI is InChI=1S/C13H15NO/c1-3-11-15-13-8-6-12(7-9-13)5-4-10-14-2/h1,4-9,14H,10-11H2,2H3. The van der Waals surface area contributed by atoms with E-state index in [4.69, 9.17) is 11.2 Å². The van der Waals surface area contributed by atoms with E-state index in [0.717, 1.165) is 17.9 Å². The van der Waals surface area contributed by atoms with Gasteiger partial charge in [0.25, 0.3) is 0 Å². The molecule has 1 N–H and O–H groups in total. The summed E-state index contributed by atoms with van der Waals surface area (Å²) < 4.78 is 5.26. The molecule has 0 amide bonds. The van der Waals surface area contributed by atoms with Crippen molar-refractivity contribution in [3.63, 3.8) is 0 Å². The molecular formula is C13H15NO. The topological polar surface area (TPSA) is 21.3 Å². The highest BCUT2D eigenvalue weighted by molar-refractivity contribution is 5.50. The van der Waals surface area contributed by atoms with Crippen LogP contribution in [0, 0.1) is 12.3 Å². The minimum absolute atomic E-state index is 0.314. The van der Waals surface area contributed by atoms with Gasteiger partial charge in [0.2, 0.25) is 0 Å². The van der Waals surface area contributed by atoms with E-state index in [1.54, 1.807) is 0 Å². The molecule has 15 heavy (non-hydrogen) atoms. The molecule has 0 bridgehead atoms. The van der Waals surface area contributed by atoms with Crippen LogP contribution in [0.3, 0.4) is 0 Å². The van der Waals surface area contributed by atoms with Gasteiger partial charge in [-0.05, 0) is 24.7 Å². The Morgan fingerprint density at radius 1 is 1.40 bits per heavy atom. The first-order chi connectivity index (χ1) is 7.36. The Morgan fingerprint density at radius 2 is 2.13 bits per heavy atom. The summed E-state index contributed by atoms with van der Waals surface area (Å²) >= 11 is 0. The zero-order valence-electron chi connectivity index (χ0n) is 8.86. The van der Waals surface area contributed by atoms with Crippen molar-refractivity contribution in [1.29, 1.82) is 0 Å². The maximum absolute atomic E-state index is 5.26. The first-order valence-electron chi connectivity index (χ1n) is 4.84. The number of likely N-dealkylation sites (N-methyl/N-ethyl adjacent to an activating group) is 1. The van der Waals surface area contributed by atoms with Gasteiger partial charge < -0.3 is 10.1 Å². The molecule has 0 aromatic heterocycles. The van der Waals surface area contributed by atoms with Crippen LogP contribution in [0.25, 0.3) is 6.08 Å². The molecule has 1 aromatic rings. The Kier molecular flexibility index (Phi) is 5.07. The fourth-order valence-electron chi connectivity index (χ4n) is 1.11. The summed E-state index contributed by atoms with van der Waals surface area (Å²) in [7, 11) is 1.92. The second-order valence-corrected chi connectivity index (χ2v) is 3.02. The summed E-state index contributed by atoms with van der Waals surface area (Å²) in [4.78, 5) is 0. The Morgan fingerprint density at radius 3 is 2.73 bits per heavy atom. The van der Waals surface area contributed by atoms with Crippen LogP contribution in [0.1, 0.15) is 5.56 Å². The molecule has 78 valence electrons. The highest BCUT2D eigenvalue weighted by Crippen LogP contribution is 2.12. The lowest BCUT2D eigenvalue weighted by Gasteiger charge is -2.01. The van der Waals surface area contributed by atoms with E-state index < -0.39 is 0 Å². The van der Waals surface area contributed by atoms with Crippen LogP contribution in [0.4, 0.5) is 0 Å². The van der Waals surface area contributed by atoms with E-state index in [1.165, 1.54) is 0 Å². The Bertz CT molecular complexity index is 346. The van der Waals surface area contributed by atoms with Gasteiger partial charge in [-0.15, -0.1) is 6.42 Å². The molecule has 0 radical (unpaired) electrons. The molecule has 2 nitrogen and oxygen atoms in total. The van der Waals surface area contributed by atoms with Crippen molar-refractivity contribution < 1.29 is 4.74 Å². The lowest BCUT2D eigenvalue weighted by Crippen LogP contribution is -2.03. The molecule has 2 heteroatoms.